The lowest BCUT2D eigenvalue weighted by Crippen LogP contribution is -1.84. The topological polar surface area (TPSA) is 12.9 Å². The van der Waals surface area contributed by atoms with E-state index < -0.39 is 0 Å². The van der Waals surface area contributed by atoms with E-state index in [0.29, 0.717) is 0 Å². The van der Waals surface area contributed by atoms with Gasteiger partial charge >= 0.3 is 0 Å². The third kappa shape index (κ3) is 1.66. The van der Waals surface area contributed by atoms with E-state index in [4.69, 9.17) is 11.6 Å². The van der Waals surface area contributed by atoms with Crippen LogP contribution in [-0.2, 0) is 12.8 Å². The Bertz CT molecular complexity index is 525. The first-order valence-corrected chi connectivity index (χ1v) is 6.68. The van der Waals surface area contributed by atoms with Crippen LogP contribution in [0.25, 0.3) is 10.6 Å². The molecule has 0 saturated carbocycles. The molecule has 16 heavy (non-hydrogen) atoms. The van der Waals surface area contributed by atoms with Crippen molar-refractivity contribution in [1.82, 2.24) is 4.98 Å². The number of aromatic nitrogens is 1. The van der Waals surface area contributed by atoms with E-state index in [0.717, 1.165) is 15.0 Å². The van der Waals surface area contributed by atoms with Gasteiger partial charge in [0.25, 0.3) is 0 Å². The first-order valence-electron chi connectivity index (χ1n) is 5.49. The maximum Gasteiger partial charge on any atom is 0.125 e. The minimum Gasteiger partial charge on any atom is -0.240 e. The quantitative estimate of drug-likeness (QED) is 0.736. The minimum absolute atomic E-state index is 0.801. The zero-order valence-electron chi connectivity index (χ0n) is 9.09. The largest absolute Gasteiger partial charge is 0.240 e. The molecule has 2 aromatic rings. The second kappa shape index (κ2) is 3.86. The summed E-state index contributed by atoms with van der Waals surface area (Å²) in [6.45, 7) is 1.95. The Morgan fingerprint density at radius 2 is 2.06 bits per heavy atom. The number of halogens is 1. The van der Waals surface area contributed by atoms with E-state index >= 15 is 0 Å². The van der Waals surface area contributed by atoms with Crippen molar-refractivity contribution in [2.45, 2.75) is 26.2 Å². The zero-order chi connectivity index (χ0) is 11.1. The van der Waals surface area contributed by atoms with Crippen LogP contribution in [-0.4, -0.2) is 4.98 Å². The van der Waals surface area contributed by atoms with Crippen LogP contribution in [0.15, 0.2) is 18.2 Å². The SMILES string of the molecule is Cc1nc(-c2ccc3c(c2)CCC3)sc1Cl. The van der Waals surface area contributed by atoms with Crippen LogP contribution < -0.4 is 0 Å². The van der Waals surface area contributed by atoms with Crippen LogP contribution in [0.2, 0.25) is 4.34 Å². The molecule has 1 aliphatic carbocycles. The van der Waals surface area contributed by atoms with Gasteiger partial charge in [-0.2, -0.15) is 0 Å². The first kappa shape index (κ1) is 10.3. The molecule has 3 heteroatoms. The monoisotopic (exact) mass is 249 g/mol. The third-order valence-electron chi connectivity index (χ3n) is 3.09. The molecule has 0 bridgehead atoms. The normalized spacial score (nSPS) is 14.1. The van der Waals surface area contributed by atoms with E-state index in [9.17, 15) is 0 Å². The van der Waals surface area contributed by atoms with Gasteiger partial charge in [-0.3, -0.25) is 0 Å². The van der Waals surface area contributed by atoms with Crippen molar-refractivity contribution in [2.24, 2.45) is 0 Å². The highest BCUT2D eigenvalue weighted by atomic mass is 35.5. The van der Waals surface area contributed by atoms with Gasteiger partial charge in [-0.05, 0) is 43.4 Å². The molecule has 1 heterocycles. The fraction of sp³-hybridized carbons (Fsp3) is 0.308. The Kier molecular flexibility index (Phi) is 2.49. The summed E-state index contributed by atoms with van der Waals surface area (Å²) in [7, 11) is 0. The second-order valence-electron chi connectivity index (χ2n) is 4.22. The smallest absolute Gasteiger partial charge is 0.125 e. The molecule has 0 atom stereocenters. The van der Waals surface area contributed by atoms with E-state index in [1.807, 2.05) is 6.92 Å². The number of hydrogen-bond acceptors (Lipinski definition) is 2. The van der Waals surface area contributed by atoms with Gasteiger partial charge in [0.1, 0.15) is 9.34 Å². The van der Waals surface area contributed by atoms with Crippen LogP contribution in [0, 0.1) is 6.92 Å². The number of benzene rings is 1. The summed E-state index contributed by atoms with van der Waals surface area (Å²) in [5, 5.41) is 1.04. The number of fused-ring (bicyclic) bond motifs is 1. The Morgan fingerprint density at radius 1 is 1.25 bits per heavy atom. The molecule has 0 spiro atoms. The van der Waals surface area contributed by atoms with E-state index in [-0.39, 0.29) is 0 Å². The van der Waals surface area contributed by atoms with Crippen molar-refractivity contribution >= 4 is 22.9 Å². The van der Waals surface area contributed by atoms with Gasteiger partial charge in [-0.25, -0.2) is 4.98 Å². The van der Waals surface area contributed by atoms with Crippen molar-refractivity contribution in [1.29, 1.82) is 0 Å². The van der Waals surface area contributed by atoms with Gasteiger partial charge in [0.05, 0.1) is 5.69 Å². The molecule has 1 nitrogen and oxygen atoms in total. The summed E-state index contributed by atoms with van der Waals surface area (Å²) in [6, 6.07) is 6.68. The molecule has 0 amide bonds. The van der Waals surface area contributed by atoms with Crippen molar-refractivity contribution in [2.75, 3.05) is 0 Å². The molecule has 1 aliphatic rings. The predicted molar refractivity (Wildman–Crippen MR) is 69.3 cm³/mol. The average Bonchev–Trinajstić information content (AvgIpc) is 2.85. The zero-order valence-corrected chi connectivity index (χ0v) is 10.7. The summed E-state index contributed by atoms with van der Waals surface area (Å²) in [5.74, 6) is 0. The maximum atomic E-state index is 6.05. The van der Waals surface area contributed by atoms with E-state index in [1.54, 1.807) is 11.3 Å². The number of nitrogens with zero attached hydrogens (tertiary/aromatic N) is 1. The molecule has 82 valence electrons. The molecular weight excluding hydrogens is 238 g/mol. The van der Waals surface area contributed by atoms with Crippen LogP contribution in [0.1, 0.15) is 23.2 Å². The molecule has 3 rings (SSSR count). The van der Waals surface area contributed by atoms with Crippen LogP contribution >= 0.6 is 22.9 Å². The highest BCUT2D eigenvalue weighted by molar-refractivity contribution is 7.19. The summed E-state index contributed by atoms with van der Waals surface area (Å²) < 4.78 is 0.801. The second-order valence-corrected chi connectivity index (χ2v) is 5.82. The molecule has 0 aliphatic heterocycles. The predicted octanol–water partition coefficient (Wildman–Crippen LogP) is 4.26. The number of aryl methyl sites for hydroxylation is 3. The number of thiazole rings is 1. The van der Waals surface area contributed by atoms with Crippen LogP contribution in [0.4, 0.5) is 0 Å². The Morgan fingerprint density at radius 3 is 2.81 bits per heavy atom. The van der Waals surface area contributed by atoms with Crippen molar-refractivity contribution in [3.8, 4) is 10.6 Å². The lowest BCUT2D eigenvalue weighted by Gasteiger charge is -2.01. The maximum absolute atomic E-state index is 6.05. The average molecular weight is 250 g/mol. The van der Waals surface area contributed by atoms with E-state index in [1.165, 1.54) is 36.0 Å². The van der Waals surface area contributed by atoms with Crippen molar-refractivity contribution in [3.05, 3.63) is 39.4 Å². The minimum atomic E-state index is 0.801. The highest BCUT2D eigenvalue weighted by Crippen LogP contribution is 2.33. The van der Waals surface area contributed by atoms with Crippen LogP contribution in [0.5, 0.6) is 0 Å². The Labute approximate surface area is 104 Å². The Hall–Kier alpha value is -0.860. The summed E-state index contributed by atoms with van der Waals surface area (Å²) in [4.78, 5) is 4.49. The number of rotatable bonds is 1. The van der Waals surface area contributed by atoms with Crippen molar-refractivity contribution in [3.63, 3.8) is 0 Å². The summed E-state index contributed by atoms with van der Waals surface area (Å²) in [5.41, 5.74) is 5.13. The standard InChI is InChI=1S/C13H12ClNS/c1-8-12(14)16-13(15-8)11-6-5-9-3-2-4-10(9)7-11/h5-7H,2-4H2,1H3. The van der Waals surface area contributed by atoms with Gasteiger partial charge in [0.2, 0.25) is 0 Å². The van der Waals surface area contributed by atoms with Crippen LogP contribution in [0.3, 0.4) is 0 Å². The molecule has 0 N–H and O–H groups in total. The van der Waals surface area contributed by atoms with E-state index in [2.05, 4.69) is 23.2 Å². The number of hydrogen-bond donors (Lipinski definition) is 0. The Balaban J connectivity index is 2.07. The summed E-state index contributed by atoms with van der Waals surface area (Å²) >= 11 is 7.62. The molecule has 1 aromatic carbocycles. The van der Waals surface area contributed by atoms with Gasteiger partial charge < -0.3 is 0 Å². The molecule has 0 fully saturated rings. The molecule has 0 unspecified atom stereocenters. The van der Waals surface area contributed by atoms with Gasteiger partial charge in [-0.15, -0.1) is 11.3 Å². The first-order chi connectivity index (χ1) is 7.74. The van der Waals surface area contributed by atoms with Gasteiger partial charge in [0.15, 0.2) is 0 Å². The lowest BCUT2D eigenvalue weighted by molar-refractivity contribution is 0.912. The highest BCUT2D eigenvalue weighted by Gasteiger charge is 2.13. The fourth-order valence-electron chi connectivity index (χ4n) is 2.21. The lowest BCUT2D eigenvalue weighted by atomic mass is 10.1. The molecule has 0 saturated heterocycles. The third-order valence-corrected chi connectivity index (χ3v) is 4.59. The fourth-order valence-corrected chi connectivity index (χ4v) is 3.26. The molecular formula is C13H12ClNS. The van der Waals surface area contributed by atoms with Crippen molar-refractivity contribution < 1.29 is 0 Å². The molecule has 0 radical (unpaired) electrons. The summed E-state index contributed by atoms with van der Waals surface area (Å²) in [6.07, 6.45) is 3.73. The van der Waals surface area contributed by atoms with Gasteiger partial charge in [-0.1, -0.05) is 23.7 Å². The van der Waals surface area contributed by atoms with Gasteiger partial charge in [0, 0.05) is 5.56 Å². The molecule has 1 aromatic heterocycles.